The number of ketones is 1. The third kappa shape index (κ3) is 3.55. The number of methoxy groups -OCH3 is 1. The minimum absolute atomic E-state index is 0.00573. The summed E-state index contributed by atoms with van der Waals surface area (Å²) in [6, 6.07) is 7.79. The smallest absolute Gasteiger partial charge is 0.242 e. The van der Waals surface area contributed by atoms with Gasteiger partial charge in [-0.2, -0.15) is 0 Å². The van der Waals surface area contributed by atoms with E-state index in [0.29, 0.717) is 26.2 Å². The van der Waals surface area contributed by atoms with E-state index in [2.05, 4.69) is 0 Å². The maximum atomic E-state index is 13.2. The molecule has 31 heavy (non-hydrogen) atoms. The van der Waals surface area contributed by atoms with E-state index in [1.807, 2.05) is 44.8 Å². The first-order chi connectivity index (χ1) is 15.0. The normalized spacial score (nSPS) is 23.5. The van der Waals surface area contributed by atoms with Crippen molar-refractivity contribution in [3.63, 3.8) is 0 Å². The number of fused-ring (bicyclic) bond motifs is 1. The predicted octanol–water partition coefficient (Wildman–Crippen LogP) is 2.33. The number of para-hydroxylation sites is 1. The molecule has 5 rings (SSSR count). The standard InChI is InChI=1S/C24H29N3O4/c1-31-13-12-25-10-8-24(23(25)30)9-11-26(16-24)21(28)15-27-14-19(22(29)17-6-7-17)18-4-2-3-5-20(18)27/h2-5,14,17H,6-13,15-16H2,1H3. The summed E-state index contributed by atoms with van der Waals surface area (Å²) in [5, 5.41) is 0.921. The van der Waals surface area contributed by atoms with Gasteiger partial charge in [0.15, 0.2) is 5.78 Å². The second kappa shape index (κ2) is 7.79. The highest BCUT2D eigenvalue weighted by molar-refractivity contribution is 6.10. The van der Waals surface area contributed by atoms with Gasteiger partial charge in [-0.05, 0) is 31.7 Å². The molecule has 0 N–H and O–H groups in total. The van der Waals surface area contributed by atoms with Crippen LogP contribution in [0.25, 0.3) is 10.9 Å². The van der Waals surface area contributed by atoms with Gasteiger partial charge in [-0.15, -0.1) is 0 Å². The topological polar surface area (TPSA) is 71.8 Å². The largest absolute Gasteiger partial charge is 0.383 e. The molecule has 3 heterocycles. The molecule has 0 radical (unpaired) electrons. The molecule has 7 heteroatoms. The van der Waals surface area contributed by atoms with Crippen LogP contribution in [-0.4, -0.2) is 71.9 Å². The molecule has 3 aliphatic rings. The molecule has 1 unspecified atom stereocenters. The van der Waals surface area contributed by atoms with Gasteiger partial charge in [-0.3, -0.25) is 14.4 Å². The number of rotatable bonds is 7. The highest BCUT2D eigenvalue weighted by Crippen LogP contribution is 2.41. The first-order valence-electron chi connectivity index (χ1n) is 11.2. The molecular weight excluding hydrogens is 394 g/mol. The minimum Gasteiger partial charge on any atom is -0.383 e. The van der Waals surface area contributed by atoms with Gasteiger partial charge in [0.05, 0.1) is 12.0 Å². The molecule has 3 fully saturated rings. The molecule has 1 spiro atoms. The second-order valence-corrected chi connectivity index (χ2v) is 9.21. The maximum absolute atomic E-state index is 13.2. The number of aromatic nitrogens is 1. The van der Waals surface area contributed by atoms with Crippen LogP contribution in [0.4, 0.5) is 0 Å². The predicted molar refractivity (Wildman–Crippen MR) is 116 cm³/mol. The number of Topliss-reactive ketones (excluding diaryl/α,β-unsaturated/α-hetero) is 1. The number of ether oxygens (including phenoxy) is 1. The monoisotopic (exact) mass is 423 g/mol. The number of hydrogen-bond acceptors (Lipinski definition) is 4. The van der Waals surface area contributed by atoms with Crippen molar-refractivity contribution in [3.8, 4) is 0 Å². The van der Waals surface area contributed by atoms with E-state index in [4.69, 9.17) is 4.74 Å². The van der Waals surface area contributed by atoms with Crippen LogP contribution in [0.3, 0.4) is 0 Å². The molecule has 1 aromatic carbocycles. The van der Waals surface area contributed by atoms with E-state index in [1.165, 1.54) is 0 Å². The number of carbonyl (C=O) groups excluding carboxylic acids is 3. The van der Waals surface area contributed by atoms with Crippen molar-refractivity contribution in [1.82, 2.24) is 14.4 Å². The van der Waals surface area contributed by atoms with Crippen LogP contribution < -0.4 is 0 Å². The Hall–Kier alpha value is -2.67. The molecule has 1 aliphatic carbocycles. The van der Waals surface area contributed by atoms with Crippen molar-refractivity contribution >= 4 is 28.5 Å². The number of amides is 2. The van der Waals surface area contributed by atoms with Gasteiger partial charge < -0.3 is 19.1 Å². The van der Waals surface area contributed by atoms with Crippen LogP contribution in [0, 0.1) is 11.3 Å². The fourth-order valence-corrected chi connectivity index (χ4v) is 5.16. The number of likely N-dealkylation sites (tertiary alicyclic amines) is 2. The molecule has 2 amide bonds. The molecular formula is C24H29N3O4. The molecule has 2 saturated heterocycles. The van der Waals surface area contributed by atoms with Crippen LogP contribution in [0.15, 0.2) is 30.5 Å². The van der Waals surface area contributed by atoms with E-state index >= 15 is 0 Å². The molecule has 2 aliphatic heterocycles. The summed E-state index contributed by atoms with van der Waals surface area (Å²) in [5.74, 6) is 0.493. The number of carbonyl (C=O) groups is 3. The Bertz CT molecular complexity index is 1040. The SMILES string of the molecule is COCCN1CCC2(CCN(C(=O)Cn3cc(C(=O)C4CC4)c4ccccc43)C2)C1=O. The van der Waals surface area contributed by atoms with E-state index in [9.17, 15) is 14.4 Å². The Morgan fingerprint density at radius 1 is 1.16 bits per heavy atom. The van der Waals surface area contributed by atoms with Gasteiger partial charge in [-0.1, -0.05) is 18.2 Å². The first kappa shape index (κ1) is 20.2. The zero-order chi connectivity index (χ0) is 21.6. The lowest BCUT2D eigenvalue weighted by Gasteiger charge is -2.23. The molecule has 7 nitrogen and oxygen atoms in total. The average Bonchev–Trinajstić information content (AvgIpc) is 3.34. The Kier molecular flexibility index (Phi) is 5.08. The van der Waals surface area contributed by atoms with Gasteiger partial charge >= 0.3 is 0 Å². The maximum Gasteiger partial charge on any atom is 0.242 e. The molecule has 0 bridgehead atoms. The molecule has 2 aromatic rings. The van der Waals surface area contributed by atoms with Crippen molar-refractivity contribution in [1.29, 1.82) is 0 Å². The minimum atomic E-state index is -0.435. The Morgan fingerprint density at radius 3 is 2.71 bits per heavy atom. The second-order valence-electron chi connectivity index (χ2n) is 9.21. The molecule has 1 atom stereocenters. The summed E-state index contributed by atoms with van der Waals surface area (Å²) in [5.41, 5.74) is 1.20. The summed E-state index contributed by atoms with van der Waals surface area (Å²) in [6.07, 6.45) is 5.29. The summed E-state index contributed by atoms with van der Waals surface area (Å²) >= 11 is 0. The highest BCUT2D eigenvalue weighted by atomic mass is 16.5. The lowest BCUT2D eigenvalue weighted by molar-refractivity contribution is -0.137. The van der Waals surface area contributed by atoms with Crippen molar-refractivity contribution in [3.05, 3.63) is 36.0 Å². The van der Waals surface area contributed by atoms with E-state index in [-0.39, 0.29) is 30.1 Å². The van der Waals surface area contributed by atoms with Crippen LogP contribution in [0.1, 0.15) is 36.0 Å². The lowest BCUT2D eigenvalue weighted by atomic mass is 9.85. The zero-order valence-corrected chi connectivity index (χ0v) is 18.0. The first-order valence-corrected chi connectivity index (χ1v) is 11.2. The van der Waals surface area contributed by atoms with Crippen LogP contribution in [0.5, 0.6) is 0 Å². The zero-order valence-electron chi connectivity index (χ0n) is 18.0. The van der Waals surface area contributed by atoms with E-state index < -0.39 is 5.41 Å². The molecule has 1 aromatic heterocycles. The fraction of sp³-hybridized carbons (Fsp3) is 0.542. The molecule has 164 valence electrons. The third-order valence-corrected chi connectivity index (χ3v) is 7.18. The fourth-order valence-electron chi connectivity index (χ4n) is 5.16. The quantitative estimate of drug-likeness (QED) is 0.641. The summed E-state index contributed by atoms with van der Waals surface area (Å²) in [6.45, 7) is 3.16. The summed E-state index contributed by atoms with van der Waals surface area (Å²) in [7, 11) is 1.64. The van der Waals surface area contributed by atoms with Crippen LogP contribution in [-0.2, 0) is 20.9 Å². The van der Waals surface area contributed by atoms with Gasteiger partial charge in [-0.25, -0.2) is 0 Å². The summed E-state index contributed by atoms with van der Waals surface area (Å²) in [4.78, 5) is 42.6. The van der Waals surface area contributed by atoms with Crippen molar-refractivity contribution < 1.29 is 19.1 Å². The lowest BCUT2D eigenvalue weighted by Crippen LogP contribution is -2.39. The summed E-state index contributed by atoms with van der Waals surface area (Å²) < 4.78 is 7.02. The van der Waals surface area contributed by atoms with Crippen LogP contribution >= 0.6 is 0 Å². The number of benzene rings is 1. The van der Waals surface area contributed by atoms with Gasteiger partial charge in [0.2, 0.25) is 11.8 Å². The van der Waals surface area contributed by atoms with Gasteiger partial charge in [0.1, 0.15) is 6.54 Å². The Labute approximate surface area is 181 Å². The number of hydrogen-bond donors (Lipinski definition) is 0. The third-order valence-electron chi connectivity index (χ3n) is 7.18. The van der Waals surface area contributed by atoms with E-state index in [0.717, 1.165) is 48.7 Å². The van der Waals surface area contributed by atoms with Crippen molar-refractivity contribution in [2.75, 3.05) is 39.9 Å². The highest BCUT2D eigenvalue weighted by Gasteiger charge is 2.51. The van der Waals surface area contributed by atoms with Crippen molar-refractivity contribution in [2.24, 2.45) is 11.3 Å². The average molecular weight is 424 g/mol. The van der Waals surface area contributed by atoms with Gasteiger partial charge in [0, 0.05) is 61.9 Å². The van der Waals surface area contributed by atoms with E-state index in [1.54, 1.807) is 7.11 Å². The van der Waals surface area contributed by atoms with Crippen molar-refractivity contribution in [2.45, 2.75) is 32.2 Å². The Morgan fingerprint density at radius 2 is 1.94 bits per heavy atom. The Balaban J connectivity index is 1.31. The van der Waals surface area contributed by atoms with Crippen LogP contribution in [0.2, 0.25) is 0 Å². The molecule has 1 saturated carbocycles. The number of nitrogens with zero attached hydrogens (tertiary/aromatic N) is 3. The van der Waals surface area contributed by atoms with Gasteiger partial charge in [0.25, 0.3) is 0 Å².